The van der Waals surface area contributed by atoms with E-state index in [2.05, 4.69) is 101 Å². The van der Waals surface area contributed by atoms with Gasteiger partial charge in [-0.3, -0.25) is 0 Å². The maximum absolute atomic E-state index is 3.36. The topological polar surface area (TPSA) is 3.01 Å². The van der Waals surface area contributed by atoms with Crippen molar-refractivity contribution in [2.24, 2.45) is 0 Å². The van der Waals surface area contributed by atoms with Gasteiger partial charge in [-0.2, -0.15) is 0 Å². The van der Waals surface area contributed by atoms with Gasteiger partial charge in [-0.05, 0) is 68.5 Å². The Labute approximate surface area is 158 Å². The third-order valence-corrected chi connectivity index (χ3v) is 5.65. The minimum absolute atomic E-state index is 0.193. The molecule has 1 aliphatic carbocycles. The number of aryl methyl sites for hydroxylation is 1. The van der Waals surface area contributed by atoms with Crippen LogP contribution in [0.2, 0.25) is 0 Å². The maximum atomic E-state index is 3.36. The summed E-state index contributed by atoms with van der Waals surface area (Å²) in [4.78, 5) is 0. The molecule has 0 unspecified atom stereocenters. The van der Waals surface area contributed by atoms with Crippen LogP contribution in [-0.2, 0) is 5.41 Å². The number of hydrogen-bond donors (Lipinski definition) is 0. The number of hydrogen-bond acceptors (Lipinski definition) is 0. The molecule has 0 fully saturated rings. The Bertz CT molecular complexity index is 899. The van der Waals surface area contributed by atoms with Crippen LogP contribution in [0.25, 0.3) is 0 Å². The normalized spacial score (nSPS) is 17.3. The minimum atomic E-state index is 0.193. The number of nitrogens with zero attached hydrogens (tertiary/aromatic N) is 1. The van der Waals surface area contributed by atoms with Crippen molar-refractivity contribution in [2.75, 3.05) is 7.05 Å². The third kappa shape index (κ3) is 3.75. The summed E-state index contributed by atoms with van der Waals surface area (Å²) >= 11 is 0. The van der Waals surface area contributed by atoms with Crippen molar-refractivity contribution in [1.82, 2.24) is 0 Å². The summed E-state index contributed by atoms with van der Waals surface area (Å²) in [5, 5.41) is 0. The molecule has 1 aliphatic rings. The molecule has 0 amide bonds. The van der Waals surface area contributed by atoms with E-state index in [0.29, 0.717) is 6.04 Å². The number of fused-ring (bicyclic) bond motifs is 1. The van der Waals surface area contributed by atoms with Crippen molar-refractivity contribution < 1.29 is 4.58 Å². The van der Waals surface area contributed by atoms with Crippen molar-refractivity contribution in [1.29, 1.82) is 0 Å². The predicted octanol–water partition coefficient (Wildman–Crippen LogP) is 5.31. The van der Waals surface area contributed by atoms with Crippen LogP contribution < -0.4 is 0 Å². The lowest BCUT2D eigenvalue weighted by Gasteiger charge is -2.32. The summed E-state index contributed by atoms with van der Waals surface area (Å²) in [6.45, 7) is 11.3. The SMILES string of the molecule is Cc1ccc(C#Cc2ccc3c(c2)C(C)(C)CCC3=[N+](C)C(C)C)cc1. The molecule has 0 saturated heterocycles. The first-order valence-electron chi connectivity index (χ1n) is 9.60. The largest absolute Gasteiger partial charge is 0.234 e. The van der Waals surface area contributed by atoms with Crippen molar-refractivity contribution in [3.8, 4) is 11.8 Å². The van der Waals surface area contributed by atoms with Crippen LogP contribution in [0.15, 0.2) is 42.5 Å². The smallest absolute Gasteiger partial charge is 0.183 e. The Morgan fingerprint density at radius 2 is 1.58 bits per heavy atom. The Balaban J connectivity index is 2.03. The van der Waals surface area contributed by atoms with E-state index in [1.165, 1.54) is 28.8 Å². The Morgan fingerprint density at radius 3 is 2.23 bits per heavy atom. The zero-order valence-corrected chi connectivity index (χ0v) is 17.0. The lowest BCUT2D eigenvalue weighted by Crippen LogP contribution is -2.34. The summed E-state index contributed by atoms with van der Waals surface area (Å²) in [5.74, 6) is 6.67. The molecule has 2 aromatic carbocycles. The molecule has 0 aliphatic heterocycles. The zero-order chi connectivity index (χ0) is 18.9. The molecule has 0 aromatic heterocycles. The molecule has 0 saturated carbocycles. The van der Waals surface area contributed by atoms with E-state index < -0.39 is 0 Å². The lowest BCUT2D eigenvalue weighted by molar-refractivity contribution is -0.530. The molecule has 0 spiro atoms. The molecule has 1 nitrogen and oxygen atoms in total. The van der Waals surface area contributed by atoms with Crippen molar-refractivity contribution in [3.63, 3.8) is 0 Å². The molecule has 0 bridgehead atoms. The van der Waals surface area contributed by atoms with Crippen LogP contribution in [0, 0.1) is 18.8 Å². The highest BCUT2D eigenvalue weighted by atomic mass is 15.0. The van der Waals surface area contributed by atoms with Crippen molar-refractivity contribution in [3.05, 3.63) is 70.3 Å². The molecule has 2 aromatic rings. The van der Waals surface area contributed by atoms with Gasteiger partial charge in [0.1, 0.15) is 13.1 Å². The minimum Gasteiger partial charge on any atom is -0.234 e. The van der Waals surface area contributed by atoms with E-state index in [9.17, 15) is 0 Å². The molecular weight excluding hydrogens is 314 g/mol. The first kappa shape index (κ1) is 18.5. The second-order valence-electron chi connectivity index (χ2n) is 8.41. The highest BCUT2D eigenvalue weighted by Crippen LogP contribution is 2.37. The van der Waals surface area contributed by atoms with E-state index in [1.807, 2.05) is 0 Å². The highest BCUT2D eigenvalue weighted by molar-refractivity contribution is 6.00. The molecular formula is C25H30N+. The van der Waals surface area contributed by atoms with Crippen LogP contribution in [-0.4, -0.2) is 23.4 Å². The second-order valence-corrected chi connectivity index (χ2v) is 8.41. The zero-order valence-electron chi connectivity index (χ0n) is 17.0. The predicted molar refractivity (Wildman–Crippen MR) is 111 cm³/mol. The molecule has 134 valence electrons. The molecule has 0 radical (unpaired) electrons. The first-order chi connectivity index (χ1) is 12.3. The van der Waals surface area contributed by atoms with Crippen molar-refractivity contribution in [2.45, 2.75) is 58.9 Å². The quantitative estimate of drug-likeness (QED) is 0.487. The fourth-order valence-electron chi connectivity index (χ4n) is 3.59. The van der Waals surface area contributed by atoms with Gasteiger partial charge < -0.3 is 0 Å². The van der Waals surface area contributed by atoms with Crippen LogP contribution >= 0.6 is 0 Å². The average Bonchev–Trinajstić information content (AvgIpc) is 2.61. The van der Waals surface area contributed by atoms with Gasteiger partial charge in [0.2, 0.25) is 0 Å². The maximum Gasteiger partial charge on any atom is 0.183 e. The standard InChI is InChI=1S/C25H30N/c1-18(2)26(6)24-15-16-25(4,5)23-17-21(13-14-22(23)24)12-11-20-9-7-19(3)8-10-20/h7-10,13-14,17-18H,15-16H2,1-6H3/q+1. The van der Waals surface area contributed by atoms with Gasteiger partial charge in [0, 0.05) is 23.1 Å². The third-order valence-electron chi connectivity index (χ3n) is 5.65. The monoisotopic (exact) mass is 344 g/mol. The first-order valence-corrected chi connectivity index (χ1v) is 9.60. The van der Waals surface area contributed by atoms with Gasteiger partial charge >= 0.3 is 0 Å². The number of rotatable bonds is 1. The molecule has 1 heteroatoms. The van der Waals surface area contributed by atoms with Gasteiger partial charge in [0.05, 0.1) is 0 Å². The van der Waals surface area contributed by atoms with Crippen LogP contribution in [0.4, 0.5) is 0 Å². The molecule has 0 atom stereocenters. The van der Waals surface area contributed by atoms with E-state index in [-0.39, 0.29) is 5.41 Å². The highest BCUT2D eigenvalue weighted by Gasteiger charge is 2.34. The van der Waals surface area contributed by atoms with Crippen LogP contribution in [0.3, 0.4) is 0 Å². The summed E-state index contributed by atoms with van der Waals surface area (Å²) in [6, 6.07) is 15.7. The second kappa shape index (κ2) is 7.12. The van der Waals surface area contributed by atoms with Gasteiger partial charge in [0.25, 0.3) is 0 Å². The summed E-state index contributed by atoms with van der Waals surface area (Å²) in [5.41, 5.74) is 7.93. The van der Waals surface area contributed by atoms with E-state index in [0.717, 1.165) is 17.5 Å². The molecule has 26 heavy (non-hydrogen) atoms. The summed E-state index contributed by atoms with van der Waals surface area (Å²) in [6.07, 6.45) is 2.32. The Kier molecular flexibility index (Phi) is 5.05. The van der Waals surface area contributed by atoms with Crippen LogP contribution in [0.1, 0.15) is 68.4 Å². The summed E-state index contributed by atoms with van der Waals surface area (Å²) < 4.78 is 2.42. The molecule has 3 rings (SSSR count). The Morgan fingerprint density at radius 1 is 0.962 bits per heavy atom. The summed E-state index contributed by atoms with van der Waals surface area (Å²) in [7, 11) is 2.22. The van der Waals surface area contributed by atoms with Gasteiger partial charge in [0.15, 0.2) is 5.71 Å². The van der Waals surface area contributed by atoms with E-state index in [4.69, 9.17) is 0 Å². The fourth-order valence-corrected chi connectivity index (χ4v) is 3.59. The van der Waals surface area contributed by atoms with Crippen LogP contribution in [0.5, 0.6) is 0 Å². The lowest BCUT2D eigenvalue weighted by atomic mass is 9.71. The van der Waals surface area contributed by atoms with E-state index in [1.54, 1.807) is 0 Å². The Hall–Kier alpha value is -2.33. The van der Waals surface area contributed by atoms with Gasteiger partial charge in [-0.1, -0.05) is 43.4 Å². The fraction of sp³-hybridized carbons (Fsp3) is 0.400. The van der Waals surface area contributed by atoms with E-state index >= 15 is 0 Å². The molecule has 0 heterocycles. The van der Waals surface area contributed by atoms with Gasteiger partial charge in [-0.25, -0.2) is 4.58 Å². The molecule has 0 N–H and O–H groups in total. The van der Waals surface area contributed by atoms with Crippen molar-refractivity contribution >= 4 is 5.71 Å². The average molecular weight is 345 g/mol. The van der Waals surface area contributed by atoms with Gasteiger partial charge in [-0.15, -0.1) is 0 Å². The number of benzene rings is 2.